The van der Waals surface area contributed by atoms with E-state index in [1.807, 2.05) is 0 Å². The molecule has 11 heteroatoms. The van der Waals surface area contributed by atoms with Gasteiger partial charge in [0.1, 0.15) is 11.4 Å². The van der Waals surface area contributed by atoms with Crippen molar-refractivity contribution in [2.24, 2.45) is 5.73 Å². The zero-order valence-electron chi connectivity index (χ0n) is 18.8. The molecular weight excluding hydrogens is 458 g/mol. The quantitative estimate of drug-likeness (QED) is 0.364. The number of halogens is 1. The minimum atomic E-state index is -0.667. The maximum Gasteiger partial charge on any atom is 0.255 e. The smallest absolute Gasteiger partial charge is 0.255 e. The summed E-state index contributed by atoms with van der Waals surface area (Å²) >= 11 is 6.36. The summed E-state index contributed by atoms with van der Waals surface area (Å²) in [5, 5.41) is 8.06. The molecule has 176 valence electrons. The predicted molar refractivity (Wildman–Crippen MR) is 129 cm³/mol. The molecule has 4 rings (SSSR count). The number of nitrogens with one attached hydrogen (secondary N) is 2. The number of anilines is 1. The van der Waals surface area contributed by atoms with Gasteiger partial charge in [0.15, 0.2) is 5.69 Å². The number of carbonyl (C=O) groups is 2. The second kappa shape index (κ2) is 9.59. The molecule has 3 heterocycles. The largest absolute Gasteiger partial charge is 0.383 e. The van der Waals surface area contributed by atoms with E-state index in [4.69, 9.17) is 22.1 Å². The van der Waals surface area contributed by atoms with Crippen LogP contribution in [-0.4, -0.2) is 69.8 Å². The molecule has 3 aromatic rings. The highest BCUT2D eigenvalue weighted by atomic mass is 35.5. The fourth-order valence-corrected chi connectivity index (χ4v) is 4.45. The van der Waals surface area contributed by atoms with E-state index < -0.39 is 5.91 Å². The highest BCUT2D eigenvalue weighted by Crippen LogP contribution is 2.32. The van der Waals surface area contributed by atoms with Gasteiger partial charge in [-0.1, -0.05) is 24.1 Å². The number of imidazole rings is 1. The highest BCUT2D eigenvalue weighted by molar-refractivity contribution is 6.32. The molecule has 2 aromatic heterocycles. The average molecular weight is 482 g/mol. The Hall–Kier alpha value is -3.81. The number of fused-ring (bicyclic) bond motifs is 1. The van der Waals surface area contributed by atoms with Crippen molar-refractivity contribution in [3.05, 3.63) is 53.0 Å². The van der Waals surface area contributed by atoms with Gasteiger partial charge >= 0.3 is 0 Å². The number of amides is 2. The van der Waals surface area contributed by atoms with Gasteiger partial charge in [0.2, 0.25) is 5.91 Å². The maximum atomic E-state index is 12.4. The Morgan fingerprint density at radius 2 is 2.24 bits per heavy atom. The van der Waals surface area contributed by atoms with Crippen molar-refractivity contribution in [1.29, 1.82) is 0 Å². The Bertz CT molecular complexity index is 1330. The van der Waals surface area contributed by atoms with Crippen molar-refractivity contribution in [2.75, 3.05) is 32.6 Å². The van der Waals surface area contributed by atoms with Crippen molar-refractivity contribution in [2.45, 2.75) is 18.5 Å². The molecule has 10 nitrogen and oxygen atoms in total. The van der Waals surface area contributed by atoms with Crippen molar-refractivity contribution < 1.29 is 14.3 Å². The number of methoxy groups -OCH3 is 1. The van der Waals surface area contributed by atoms with E-state index in [-0.39, 0.29) is 29.2 Å². The second-order valence-electron chi connectivity index (χ2n) is 7.83. The van der Waals surface area contributed by atoms with Crippen LogP contribution in [0.25, 0.3) is 11.0 Å². The molecule has 0 radical (unpaired) electrons. The van der Waals surface area contributed by atoms with Crippen LogP contribution >= 0.6 is 11.6 Å². The number of nitrogens with two attached hydrogens (primary N) is 1. The van der Waals surface area contributed by atoms with Crippen LogP contribution in [0.1, 0.15) is 34.1 Å². The van der Waals surface area contributed by atoms with Crippen molar-refractivity contribution in [3.8, 4) is 11.8 Å². The molecule has 0 aliphatic carbocycles. The van der Waals surface area contributed by atoms with Crippen LogP contribution < -0.4 is 11.1 Å². The number of nitrogens with zero attached hydrogens (tertiary/aromatic N) is 4. The van der Waals surface area contributed by atoms with Gasteiger partial charge in [-0.15, -0.1) is 0 Å². The van der Waals surface area contributed by atoms with Crippen LogP contribution in [0.3, 0.4) is 0 Å². The van der Waals surface area contributed by atoms with Crippen LogP contribution in [0.4, 0.5) is 5.82 Å². The fourth-order valence-electron chi connectivity index (χ4n) is 4.24. The average Bonchev–Trinajstić information content (AvgIpc) is 3.53. The molecule has 34 heavy (non-hydrogen) atoms. The molecule has 0 saturated carbocycles. The molecule has 1 aliphatic heterocycles. The number of rotatable bonds is 6. The first-order valence-electron chi connectivity index (χ1n) is 10.5. The summed E-state index contributed by atoms with van der Waals surface area (Å²) < 4.78 is 6.96. The van der Waals surface area contributed by atoms with Crippen LogP contribution in [0.2, 0.25) is 5.02 Å². The van der Waals surface area contributed by atoms with E-state index >= 15 is 0 Å². The van der Waals surface area contributed by atoms with E-state index in [2.05, 4.69) is 38.8 Å². The zero-order valence-corrected chi connectivity index (χ0v) is 19.5. The number of H-pyrrole nitrogens is 1. The number of ether oxygens (including phenoxy) is 1. The van der Waals surface area contributed by atoms with E-state index in [0.29, 0.717) is 41.5 Å². The molecule has 0 unspecified atom stereocenters. The summed E-state index contributed by atoms with van der Waals surface area (Å²) in [6.45, 7) is 4.33. The first kappa shape index (κ1) is 23.4. The lowest BCUT2D eigenvalue weighted by Gasteiger charge is -2.22. The molecule has 1 fully saturated rings. The van der Waals surface area contributed by atoms with Gasteiger partial charge in [-0.25, -0.2) is 9.67 Å². The Balaban J connectivity index is 1.75. The Labute approximate surface area is 201 Å². The summed E-state index contributed by atoms with van der Waals surface area (Å²) in [5.41, 5.74) is 8.13. The van der Waals surface area contributed by atoms with Crippen LogP contribution in [0.5, 0.6) is 0 Å². The van der Waals surface area contributed by atoms with E-state index in [9.17, 15) is 9.59 Å². The Kier molecular flexibility index (Phi) is 6.58. The Morgan fingerprint density at radius 3 is 2.91 bits per heavy atom. The monoisotopic (exact) mass is 481 g/mol. The standard InChI is InChI=1S/C23H24ClN7O3/c1-4-20(32)30-10-14(8-15(30)11-34-3)31-23(26-2)21(22(25)33)17(29-31)6-5-13-7-18-19(9-16(13)24)28-12-27-18/h4,7,9,12,14-15,26H,1,8,10-11H2,2-3H3,(H2,25,33)(H,27,28)/t14-,15+/m0/s1. The van der Waals surface area contributed by atoms with E-state index in [0.717, 1.165) is 5.52 Å². The number of aromatic amines is 1. The maximum absolute atomic E-state index is 12.4. The van der Waals surface area contributed by atoms with Gasteiger partial charge in [0, 0.05) is 26.3 Å². The fraction of sp³-hybridized carbons (Fsp3) is 0.304. The summed E-state index contributed by atoms with van der Waals surface area (Å²) in [7, 11) is 3.26. The lowest BCUT2D eigenvalue weighted by molar-refractivity contribution is -0.127. The molecule has 2 amide bonds. The number of hydrogen-bond acceptors (Lipinski definition) is 6. The topological polar surface area (TPSA) is 131 Å². The molecule has 0 spiro atoms. The summed E-state index contributed by atoms with van der Waals surface area (Å²) in [6.07, 6.45) is 3.43. The summed E-state index contributed by atoms with van der Waals surface area (Å²) in [6, 6.07) is 3.12. The minimum absolute atomic E-state index is 0.152. The molecule has 1 saturated heterocycles. The van der Waals surface area contributed by atoms with Gasteiger partial charge < -0.3 is 25.7 Å². The summed E-state index contributed by atoms with van der Waals surface area (Å²) in [5.74, 6) is 5.49. The number of aromatic nitrogens is 4. The van der Waals surface area contributed by atoms with Crippen molar-refractivity contribution in [3.63, 3.8) is 0 Å². The third-order valence-corrected chi connectivity index (χ3v) is 6.09. The van der Waals surface area contributed by atoms with Crippen molar-refractivity contribution in [1.82, 2.24) is 24.6 Å². The van der Waals surface area contributed by atoms with Crippen LogP contribution in [0.15, 0.2) is 31.1 Å². The number of hydrogen-bond donors (Lipinski definition) is 3. The first-order valence-corrected chi connectivity index (χ1v) is 10.9. The SMILES string of the molecule is C=CC(=O)N1C[C@@H](n2nc(C#Cc3cc4nc[nH]c4cc3Cl)c(C(N)=O)c2NC)C[C@@H]1COC. The zero-order chi connectivity index (χ0) is 24.4. The third-order valence-electron chi connectivity index (χ3n) is 5.77. The third kappa shape index (κ3) is 4.23. The van der Waals surface area contributed by atoms with Gasteiger partial charge in [-0.05, 0) is 30.6 Å². The van der Waals surface area contributed by atoms with Gasteiger partial charge in [-0.2, -0.15) is 5.10 Å². The predicted octanol–water partition coefficient (Wildman–Crippen LogP) is 1.93. The highest BCUT2D eigenvalue weighted by Gasteiger charge is 2.37. The summed E-state index contributed by atoms with van der Waals surface area (Å²) in [4.78, 5) is 33.6. The van der Waals surface area contributed by atoms with Gasteiger partial charge in [0.25, 0.3) is 5.91 Å². The Morgan fingerprint density at radius 1 is 1.44 bits per heavy atom. The molecule has 2 atom stereocenters. The second-order valence-corrected chi connectivity index (χ2v) is 8.23. The van der Waals surface area contributed by atoms with E-state index in [1.54, 1.807) is 42.2 Å². The van der Waals surface area contributed by atoms with E-state index in [1.165, 1.54) is 6.08 Å². The van der Waals surface area contributed by atoms with Crippen LogP contribution in [-0.2, 0) is 9.53 Å². The lowest BCUT2D eigenvalue weighted by atomic mass is 10.1. The van der Waals surface area contributed by atoms with Crippen LogP contribution in [0, 0.1) is 11.8 Å². The number of likely N-dealkylation sites (tertiary alicyclic amines) is 1. The normalized spacial score (nSPS) is 17.4. The minimum Gasteiger partial charge on any atom is -0.383 e. The lowest BCUT2D eigenvalue weighted by Crippen LogP contribution is -2.37. The molecule has 1 aromatic carbocycles. The number of primary amides is 1. The number of carbonyl (C=O) groups excluding carboxylic acids is 2. The van der Waals surface area contributed by atoms with Gasteiger partial charge in [0.05, 0.1) is 41.1 Å². The first-order chi connectivity index (χ1) is 16.4. The molecular formula is C23H24ClN7O3. The van der Waals surface area contributed by atoms with Gasteiger partial charge in [-0.3, -0.25) is 9.59 Å². The molecule has 1 aliphatic rings. The molecule has 0 bridgehead atoms. The molecule has 4 N–H and O–H groups in total. The number of benzene rings is 1. The van der Waals surface area contributed by atoms with Crippen molar-refractivity contribution >= 4 is 40.3 Å².